The van der Waals surface area contributed by atoms with E-state index in [1.807, 2.05) is 6.07 Å². The van der Waals surface area contributed by atoms with Gasteiger partial charge in [0.1, 0.15) is 17.3 Å². The molecule has 0 radical (unpaired) electrons. The van der Waals surface area contributed by atoms with Gasteiger partial charge in [0.25, 0.3) is 5.91 Å². The van der Waals surface area contributed by atoms with Crippen LogP contribution in [0.5, 0.6) is 0 Å². The van der Waals surface area contributed by atoms with Crippen LogP contribution in [0.2, 0.25) is 5.02 Å². The maximum absolute atomic E-state index is 12.6. The van der Waals surface area contributed by atoms with Crippen molar-refractivity contribution in [1.82, 2.24) is 9.97 Å². The Balaban J connectivity index is 1.81. The van der Waals surface area contributed by atoms with Gasteiger partial charge in [-0.25, -0.2) is 9.97 Å². The second kappa shape index (κ2) is 8.49. The Hall–Kier alpha value is -3.45. The molecule has 0 fully saturated rings. The third-order valence-corrected chi connectivity index (χ3v) is 3.98. The SMILES string of the molecule is CC(=O)Nc1cccc(Nc2cc(C(=O)Nc3ccccc3Cl)nc(C)n2)c1. The second-order valence-electron chi connectivity index (χ2n) is 6.01. The molecule has 0 unspecified atom stereocenters. The fraction of sp³-hybridized carbons (Fsp3) is 0.100. The highest BCUT2D eigenvalue weighted by Gasteiger charge is 2.12. The largest absolute Gasteiger partial charge is 0.340 e. The number of aryl methyl sites for hydroxylation is 1. The highest BCUT2D eigenvalue weighted by molar-refractivity contribution is 6.33. The van der Waals surface area contributed by atoms with Crippen LogP contribution < -0.4 is 16.0 Å². The lowest BCUT2D eigenvalue weighted by atomic mass is 10.2. The highest BCUT2D eigenvalue weighted by Crippen LogP contribution is 2.22. The molecule has 0 bridgehead atoms. The lowest BCUT2D eigenvalue weighted by Gasteiger charge is -2.11. The maximum Gasteiger partial charge on any atom is 0.274 e. The van der Waals surface area contributed by atoms with Gasteiger partial charge in [0.05, 0.1) is 10.7 Å². The van der Waals surface area contributed by atoms with Crippen LogP contribution in [-0.4, -0.2) is 21.8 Å². The number of anilines is 4. The van der Waals surface area contributed by atoms with Gasteiger partial charge in [-0.15, -0.1) is 0 Å². The summed E-state index contributed by atoms with van der Waals surface area (Å²) in [4.78, 5) is 32.3. The van der Waals surface area contributed by atoms with Crippen molar-refractivity contribution in [3.8, 4) is 0 Å². The minimum absolute atomic E-state index is 0.159. The molecule has 2 aromatic carbocycles. The van der Waals surface area contributed by atoms with Gasteiger partial charge in [-0.1, -0.05) is 29.8 Å². The number of amides is 2. The first-order valence-corrected chi connectivity index (χ1v) is 8.85. The Kier molecular flexibility index (Phi) is 5.86. The van der Waals surface area contributed by atoms with Crippen molar-refractivity contribution in [3.63, 3.8) is 0 Å². The van der Waals surface area contributed by atoms with Crippen LogP contribution in [0.25, 0.3) is 0 Å². The zero-order valence-electron chi connectivity index (χ0n) is 15.3. The normalized spacial score (nSPS) is 10.2. The van der Waals surface area contributed by atoms with Crippen LogP contribution in [-0.2, 0) is 4.79 Å². The van der Waals surface area contributed by atoms with Crippen molar-refractivity contribution >= 4 is 46.3 Å². The van der Waals surface area contributed by atoms with Crippen molar-refractivity contribution in [2.45, 2.75) is 13.8 Å². The number of rotatable bonds is 5. The van der Waals surface area contributed by atoms with Crippen LogP contribution in [0.4, 0.5) is 22.9 Å². The molecule has 8 heteroatoms. The third-order valence-electron chi connectivity index (χ3n) is 3.65. The molecule has 0 saturated heterocycles. The van der Waals surface area contributed by atoms with Crippen LogP contribution in [0, 0.1) is 6.92 Å². The third kappa shape index (κ3) is 5.05. The van der Waals surface area contributed by atoms with Crippen molar-refractivity contribution < 1.29 is 9.59 Å². The molecule has 7 nitrogen and oxygen atoms in total. The fourth-order valence-corrected chi connectivity index (χ4v) is 2.71. The first-order chi connectivity index (χ1) is 13.4. The van der Waals surface area contributed by atoms with E-state index in [0.29, 0.717) is 33.7 Å². The van der Waals surface area contributed by atoms with Crippen molar-refractivity contribution in [2.24, 2.45) is 0 Å². The van der Waals surface area contributed by atoms with Gasteiger partial charge < -0.3 is 16.0 Å². The zero-order valence-corrected chi connectivity index (χ0v) is 16.0. The summed E-state index contributed by atoms with van der Waals surface area (Å²) in [6.07, 6.45) is 0. The summed E-state index contributed by atoms with van der Waals surface area (Å²) in [5.74, 6) is 0.339. The average molecular weight is 396 g/mol. The smallest absolute Gasteiger partial charge is 0.274 e. The number of nitrogens with one attached hydrogen (secondary N) is 3. The van der Waals surface area contributed by atoms with E-state index in [-0.39, 0.29) is 11.6 Å². The van der Waals surface area contributed by atoms with E-state index in [9.17, 15) is 9.59 Å². The van der Waals surface area contributed by atoms with Gasteiger partial charge in [-0.2, -0.15) is 0 Å². The molecule has 3 aromatic rings. The molecule has 3 N–H and O–H groups in total. The molecule has 0 aliphatic rings. The quantitative estimate of drug-likeness (QED) is 0.595. The Labute approximate surface area is 167 Å². The molecular formula is C20H18ClN5O2. The summed E-state index contributed by atoms with van der Waals surface area (Å²) in [7, 11) is 0. The Morgan fingerprint density at radius 1 is 0.929 bits per heavy atom. The van der Waals surface area contributed by atoms with E-state index in [1.165, 1.54) is 6.92 Å². The number of carbonyl (C=O) groups excluding carboxylic acids is 2. The van der Waals surface area contributed by atoms with Gasteiger partial charge in [0.2, 0.25) is 5.91 Å². The molecule has 2 amide bonds. The van der Waals surface area contributed by atoms with Crippen LogP contribution in [0.15, 0.2) is 54.6 Å². The number of nitrogens with zero attached hydrogens (tertiary/aromatic N) is 2. The van der Waals surface area contributed by atoms with Gasteiger partial charge in [0.15, 0.2) is 0 Å². The van der Waals surface area contributed by atoms with Crippen LogP contribution in [0.3, 0.4) is 0 Å². The molecule has 3 rings (SSSR count). The first-order valence-electron chi connectivity index (χ1n) is 8.47. The molecular weight excluding hydrogens is 378 g/mol. The highest BCUT2D eigenvalue weighted by atomic mass is 35.5. The van der Waals surface area contributed by atoms with Gasteiger partial charge in [-0.05, 0) is 37.3 Å². The number of hydrogen-bond donors (Lipinski definition) is 3. The Morgan fingerprint density at radius 3 is 2.43 bits per heavy atom. The molecule has 0 spiro atoms. The van der Waals surface area contributed by atoms with E-state index in [2.05, 4.69) is 25.9 Å². The summed E-state index contributed by atoms with van der Waals surface area (Å²) in [6.45, 7) is 3.14. The molecule has 1 heterocycles. The Morgan fingerprint density at radius 2 is 1.68 bits per heavy atom. The summed E-state index contributed by atoms with van der Waals surface area (Å²) < 4.78 is 0. The predicted octanol–water partition coefficient (Wildman–Crippen LogP) is 4.39. The standard InChI is InChI=1S/C20H18ClN5O2/c1-12-22-18(20(28)26-17-9-4-3-8-16(17)21)11-19(23-12)25-15-7-5-6-14(10-15)24-13(2)27/h3-11H,1-2H3,(H,24,27)(H,26,28)(H,22,23,25). The average Bonchev–Trinajstić information content (AvgIpc) is 2.63. The zero-order chi connectivity index (χ0) is 20.1. The summed E-state index contributed by atoms with van der Waals surface area (Å²) in [5, 5.41) is 9.02. The van der Waals surface area contributed by atoms with Crippen molar-refractivity contribution in [1.29, 1.82) is 0 Å². The number of hydrogen-bond acceptors (Lipinski definition) is 5. The van der Waals surface area contributed by atoms with Gasteiger partial charge in [0, 0.05) is 24.4 Å². The fourth-order valence-electron chi connectivity index (χ4n) is 2.52. The van der Waals surface area contributed by atoms with E-state index in [1.54, 1.807) is 55.5 Å². The minimum Gasteiger partial charge on any atom is -0.340 e. The Bertz CT molecular complexity index is 1040. The van der Waals surface area contributed by atoms with E-state index in [4.69, 9.17) is 11.6 Å². The number of aromatic nitrogens is 2. The molecule has 0 atom stereocenters. The molecule has 28 heavy (non-hydrogen) atoms. The number of carbonyl (C=O) groups is 2. The summed E-state index contributed by atoms with van der Waals surface area (Å²) >= 11 is 6.09. The van der Waals surface area contributed by atoms with Gasteiger partial charge in [-0.3, -0.25) is 9.59 Å². The van der Waals surface area contributed by atoms with E-state index >= 15 is 0 Å². The molecule has 0 saturated carbocycles. The summed E-state index contributed by atoms with van der Waals surface area (Å²) in [6, 6.07) is 15.7. The topological polar surface area (TPSA) is 96.0 Å². The first kappa shape index (κ1) is 19.3. The van der Waals surface area contributed by atoms with Crippen molar-refractivity contribution in [3.05, 3.63) is 71.1 Å². The van der Waals surface area contributed by atoms with E-state index < -0.39 is 5.91 Å². The molecule has 0 aliphatic carbocycles. The minimum atomic E-state index is -0.395. The monoisotopic (exact) mass is 395 g/mol. The second-order valence-corrected chi connectivity index (χ2v) is 6.41. The van der Waals surface area contributed by atoms with Crippen LogP contribution >= 0.6 is 11.6 Å². The molecule has 142 valence electrons. The number of para-hydroxylation sites is 1. The van der Waals surface area contributed by atoms with Crippen molar-refractivity contribution in [2.75, 3.05) is 16.0 Å². The molecule has 1 aromatic heterocycles. The number of halogens is 1. The van der Waals surface area contributed by atoms with Gasteiger partial charge >= 0.3 is 0 Å². The molecule has 0 aliphatic heterocycles. The van der Waals surface area contributed by atoms with E-state index in [0.717, 1.165) is 0 Å². The number of benzene rings is 2. The van der Waals surface area contributed by atoms with Crippen LogP contribution in [0.1, 0.15) is 23.2 Å². The lowest BCUT2D eigenvalue weighted by Crippen LogP contribution is -2.15. The summed E-state index contributed by atoms with van der Waals surface area (Å²) in [5.41, 5.74) is 2.07. The predicted molar refractivity (Wildman–Crippen MR) is 110 cm³/mol. The lowest BCUT2D eigenvalue weighted by molar-refractivity contribution is -0.114. The maximum atomic E-state index is 12.6.